The summed E-state index contributed by atoms with van der Waals surface area (Å²) in [6.45, 7) is -0.159. The lowest BCUT2D eigenvalue weighted by Gasteiger charge is -2.10. The molecule has 7 heteroatoms. The minimum absolute atomic E-state index is 0.159. The molecule has 1 aromatic carbocycles. The lowest BCUT2D eigenvalue weighted by atomic mass is 10.3. The first-order chi connectivity index (χ1) is 8.90. The third kappa shape index (κ3) is 3.54. The number of imidazole rings is 1. The number of hydrogen-bond acceptors (Lipinski definition) is 1. The molecule has 0 fully saturated rings. The minimum Gasteiger partial charge on any atom is -0.328 e. The normalized spacial score (nSPS) is 12.3. The van der Waals surface area contributed by atoms with Gasteiger partial charge in [0, 0.05) is 23.9 Å². The summed E-state index contributed by atoms with van der Waals surface area (Å²) in [5.74, 6) is 0.861. The number of halogens is 5. The Morgan fingerprint density at radius 3 is 2.63 bits per heavy atom. The van der Waals surface area contributed by atoms with Gasteiger partial charge in [0.1, 0.15) is 5.82 Å². The Morgan fingerprint density at radius 2 is 2.00 bits per heavy atom. The van der Waals surface area contributed by atoms with Gasteiger partial charge < -0.3 is 4.57 Å². The van der Waals surface area contributed by atoms with Gasteiger partial charge in [0.25, 0.3) is 0 Å². The highest BCUT2D eigenvalue weighted by Crippen LogP contribution is 2.25. The maximum Gasteiger partial charge on any atom is 0.390 e. The van der Waals surface area contributed by atoms with E-state index in [1.165, 1.54) is 0 Å². The fourth-order valence-electron chi connectivity index (χ4n) is 1.92. The van der Waals surface area contributed by atoms with E-state index >= 15 is 0 Å². The van der Waals surface area contributed by atoms with Gasteiger partial charge >= 0.3 is 6.18 Å². The Bertz CT molecular complexity index is 578. The van der Waals surface area contributed by atoms with Crippen LogP contribution in [-0.4, -0.2) is 21.6 Å². The van der Waals surface area contributed by atoms with Crippen LogP contribution in [0.1, 0.15) is 12.2 Å². The second kappa shape index (κ2) is 5.59. The van der Waals surface area contributed by atoms with Crippen LogP contribution in [0.5, 0.6) is 0 Å². The van der Waals surface area contributed by atoms with Crippen LogP contribution in [0.3, 0.4) is 0 Å². The third-order valence-corrected chi connectivity index (χ3v) is 3.15. The molecule has 0 N–H and O–H groups in total. The Labute approximate surface area is 118 Å². The molecule has 0 aliphatic rings. The van der Waals surface area contributed by atoms with Crippen molar-refractivity contribution in [2.45, 2.75) is 25.6 Å². The Kier molecular flexibility index (Phi) is 4.26. The first kappa shape index (κ1) is 14.5. The fourth-order valence-corrected chi connectivity index (χ4v) is 2.25. The Morgan fingerprint density at radius 1 is 1.26 bits per heavy atom. The van der Waals surface area contributed by atoms with Gasteiger partial charge in [-0.05, 0) is 18.2 Å². The molecular formula is C12H11Cl2F3N2. The quantitative estimate of drug-likeness (QED) is 0.764. The Balaban J connectivity index is 2.40. The van der Waals surface area contributed by atoms with Crippen molar-refractivity contribution in [2.24, 2.45) is 0 Å². The molecule has 2 rings (SSSR count). The molecule has 0 atom stereocenters. The van der Waals surface area contributed by atoms with Crippen LogP contribution in [0, 0.1) is 0 Å². The molecule has 104 valence electrons. The summed E-state index contributed by atoms with van der Waals surface area (Å²) < 4.78 is 38.6. The molecule has 0 aliphatic heterocycles. The number of benzene rings is 1. The molecule has 1 aromatic heterocycles. The summed E-state index contributed by atoms with van der Waals surface area (Å²) >= 11 is 11.5. The van der Waals surface area contributed by atoms with Crippen LogP contribution in [0.25, 0.3) is 11.0 Å². The summed E-state index contributed by atoms with van der Waals surface area (Å²) in [6, 6.07) is 4.96. The molecule has 0 aliphatic carbocycles. The van der Waals surface area contributed by atoms with Gasteiger partial charge in [-0.1, -0.05) is 11.6 Å². The predicted octanol–water partition coefficient (Wildman–Crippen LogP) is 4.42. The van der Waals surface area contributed by atoms with Gasteiger partial charge in [-0.15, -0.1) is 11.6 Å². The first-order valence-corrected chi connectivity index (χ1v) is 6.59. The van der Waals surface area contributed by atoms with Crippen LogP contribution >= 0.6 is 23.2 Å². The summed E-state index contributed by atoms with van der Waals surface area (Å²) in [5, 5.41) is 0.505. The first-order valence-electron chi connectivity index (χ1n) is 5.68. The zero-order valence-electron chi connectivity index (χ0n) is 9.84. The van der Waals surface area contributed by atoms with Crippen LogP contribution in [0.4, 0.5) is 13.2 Å². The molecular weight excluding hydrogens is 300 g/mol. The van der Waals surface area contributed by atoms with Crippen molar-refractivity contribution in [1.82, 2.24) is 9.55 Å². The second-order valence-corrected chi connectivity index (χ2v) is 4.93. The van der Waals surface area contributed by atoms with Gasteiger partial charge in [0.05, 0.1) is 17.5 Å². The number of fused-ring (bicyclic) bond motifs is 1. The molecule has 0 saturated carbocycles. The number of aryl methyl sites for hydroxylation is 2. The highest BCUT2D eigenvalue weighted by molar-refractivity contribution is 6.31. The largest absolute Gasteiger partial charge is 0.390 e. The molecule has 0 saturated heterocycles. The predicted molar refractivity (Wildman–Crippen MR) is 69.8 cm³/mol. The van der Waals surface area contributed by atoms with Crippen molar-refractivity contribution in [3.63, 3.8) is 0 Å². The maximum absolute atomic E-state index is 12.3. The van der Waals surface area contributed by atoms with Gasteiger partial charge in [0.2, 0.25) is 0 Å². The van der Waals surface area contributed by atoms with Crippen LogP contribution in [0.15, 0.2) is 18.2 Å². The summed E-state index contributed by atoms with van der Waals surface area (Å²) in [5.41, 5.74) is 1.24. The van der Waals surface area contributed by atoms with E-state index in [0.29, 0.717) is 34.2 Å². The van der Waals surface area contributed by atoms with Crippen molar-refractivity contribution < 1.29 is 13.2 Å². The number of hydrogen-bond donors (Lipinski definition) is 0. The molecule has 19 heavy (non-hydrogen) atoms. The van der Waals surface area contributed by atoms with E-state index < -0.39 is 12.6 Å². The summed E-state index contributed by atoms with van der Waals surface area (Å²) in [4.78, 5) is 4.29. The van der Waals surface area contributed by atoms with E-state index in [2.05, 4.69) is 4.98 Å². The highest BCUT2D eigenvalue weighted by atomic mass is 35.5. The van der Waals surface area contributed by atoms with Gasteiger partial charge in [-0.2, -0.15) is 13.2 Å². The SMILES string of the molecule is FC(F)(F)CCn1c(CCCl)nc2cc(Cl)ccc21. The maximum atomic E-state index is 12.3. The molecule has 2 nitrogen and oxygen atoms in total. The van der Waals surface area contributed by atoms with Crippen molar-refractivity contribution in [2.75, 3.05) is 5.88 Å². The van der Waals surface area contributed by atoms with E-state index in [0.717, 1.165) is 0 Å². The van der Waals surface area contributed by atoms with E-state index in [1.807, 2.05) is 0 Å². The standard InChI is InChI=1S/C12H11Cl2F3N2/c13-5-3-11-18-9-7-8(14)1-2-10(9)19(11)6-4-12(15,16)17/h1-2,7H,3-6H2. The molecule has 0 spiro atoms. The van der Waals surface area contributed by atoms with E-state index in [-0.39, 0.29) is 6.54 Å². The lowest BCUT2D eigenvalue weighted by molar-refractivity contribution is -0.136. The molecule has 0 bridgehead atoms. The van der Waals surface area contributed by atoms with Crippen molar-refractivity contribution in [1.29, 1.82) is 0 Å². The molecule has 1 heterocycles. The number of rotatable bonds is 4. The van der Waals surface area contributed by atoms with Crippen molar-refractivity contribution in [3.8, 4) is 0 Å². The second-order valence-electron chi connectivity index (χ2n) is 4.12. The van der Waals surface area contributed by atoms with Crippen molar-refractivity contribution in [3.05, 3.63) is 29.0 Å². The van der Waals surface area contributed by atoms with Crippen LogP contribution in [0.2, 0.25) is 5.02 Å². The topological polar surface area (TPSA) is 17.8 Å². The lowest BCUT2D eigenvalue weighted by Crippen LogP contribution is -2.14. The van der Waals surface area contributed by atoms with Gasteiger partial charge in [0.15, 0.2) is 0 Å². The monoisotopic (exact) mass is 310 g/mol. The summed E-state index contributed by atoms with van der Waals surface area (Å²) in [6.07, 6.45) is -4.66. The molecule has 2 aromatic rings. The summed E-state index contributed by atoms with van der Waals surface area (Å²) in [7, 11) is 0. The zero-order chi connectivity index (χ0) is 14.0. The average Bonchev–Trinajstić information content (AvgIpc) is 2.62. The van der Waals surface area contributed by atoms with Crippen molar-refractivity contribution >= 4 is 34.2 Å². The zero-order valence-corrected chi connectivity index (χ0v) is 11.4. The Hall–Kier alpha value is -0.940. The number of aromatic nitrogens is 2. The highest BCUT2D eigenvalue weighted by Gasteiger charge is 2.27. The number of alkyl halides is 4. The smallest absolute Gasteiger partial charge is 0.328 e. The average molecular weight is 311 g/mol. The fraction of sp³-hybridized carbons (Fsp3) is 0.417. The van der Waals surface area contributed by atoms with E-state index in [9.17, 15) is 13.2 Å². The minimum atomic E-state index is -4.19. The molecule has 0 radical (unpaired) electrons. The molecule has 0 unspecified atom stereocenters. The number of nitrogens with zero attached hydrogens (tertiary/aromatic N) is 2. The van der Waals surface area contributed by atoms with Crippen LogP contribution in [-0.2, 0) is 13.0 Å². The van der Waals surface area contributed by atoms with Gasteiger partial charge in [-0.3, -0.25) is 0 Å². The van der Waals surface area contributed by atoms with Crippen LogP contribution < -0.4 is 0 Å². The van der Waals surface area contributed by atoms with E-state index in [1.54, 1.807) is 22.8 Å². The molecule has 0 amide bonds. The van der Waals surface area contributed by atoms with E-state index in [4.69, 9.17) is 23.2 Å². The third-order valence-electron chi connectivity index (χ3n) is 2.73. The van der Waals surface area contributed by atoms with Gasteiger partial charge in [-0.25, -0.2) is 4.98 Å².